The summed E-state index contributed by atoms with van der Waals surface area (Å²) < 4.78 is 0. The van der Waals surface area contributed by atoms with Crippen LogP contribution in [0.5, 0.6) is 0 Å². The Labute approximate surface area is 144 Å². The minimum Gasteiger partial charge on any atom is -0.361 e. The highest BCUT2D eigenvalue weighted by Gasteiger charge is 2.10. The number of benzene rings is 1. The number of H-pyrrole nitrogens is 1. The highest BCUT2D eigenvalue weighted by Crippen LogP contribution is 2.21. The van der Waals surface area contributed by atoms with E-state index in [-0.39, 0.29) is 18.3 Å². The average Bonchev–Trinajstić information content (AvgIpc) is 3.15. The third-order valence-corrected chi connectivity index (χ3v) is 4.52. The number of hydrogen-bond acceptors (Lipinski definition) is 4. The Morgan fingerprint density at radius 3 is 3.00 bits per heavy atom. The lowest BCUT2D eigenvalue weighted by atomic mass is 10.1. The number of halogens is 1. The number of carbonyl (C=O) groups excluding carboxylic acids is 1. The van der Waals surface area contributed by atoms with Gasteiger partial charge in [0, 0.05) is 35.6 Å². The van der Waals surface area contributed by atoms with Crippen LogP contribution in [-0.4, -0.2) is 22.4 Å². The van der Waals surface area contributed by atoms with E-state index in [9.17, 15) is 4.79 Å². The summed E-state index contributed by atoms with van der Waals surface area (Å²) >= 11 is 1.41. The van der Waals surface area contributed by atoms with E-state index in [0.29, 0.717) is 18.8 Å². The van der Waals surface area contributed by atoms with Crippen LogP contribution in [0, 0.1) is 6.92 Å². The van der Waals surface area contributed by atoms with E-state index in [0.717, 1.165) is 16.9 Å². The molecule has 23 heavy (non-hydrogen) atoms. The molecule has 0 radical (unpaired) electrons. The van der Waals surface area contributed by atoms with Gasteiger partial charge in [-0.3, -0.25) is 4.79 Å². The summed E-state index contributed by atoms with van der Waals surface area (Å²) in [5, 5.41) is 6.64. The van der Waals surface area contributed by atoms with E-state index in [2.05, 4.69) is 40.4 Å². The van der Waals surface area contributed by atoms with E-state index >= 15 is 0 Å². The molecule has 0 unspecified atom stereocenters. The second kappa shape index (κ2) is 7.59. The molecular formula is C16H19ClN4OS. The highest BCUT2D eigenvalue weighted by molar-refractivity contribution is 7.09. The van der Waals surface area contributed by atoms with Crippen molar-refractivity contribution in [2.75, 3.05) is 6.54 Å². The second-order valence-electron chi connectivity index (χ2n) is 5.15. The number of amides is 1. The zero-order chi connectivity index (χ0) is 15.5. The van der Waals surface area contributed by atoms with Crippen molar-refractivity contribution >= 4 is 40.6 Å². The van der Waals surface area contributed by atoms with Crippen LogP contribution in [0.15, 0.2) is 29.8 Å². The Balaban J connectivity index is 0.00000192. The van der Waals surface area contributed by atoms with Crippen LogP contribution in [0.1, 0.15) is 26.6 Å². The molecule has 0 spiro atoms. The van der Waals surface area contributed by atoms with Crippen molar-refractivity contribution in [2.24, 2.45) is 5.73 Å². The van der Waals surface area contributed by atoms with E-state index in [1.165, 1.54) is 27.8 Å². The number of nitrogens with zero attached hydrogens (tertiary/aromatic N) is 1. The molecule has 0 aliphatic heterocycles. The molecule has 3 aromatic rings. The third kappa shape index (κ3) is 3.72. The van der Waals surface area contributed by atoms with Crippen molar-refractivity contribution in [3.8, 4) is 0 Å². The van der Waals surface area contributed by atoms with Gasteiger partial charge in [-0.1, -0.05) is 18.2 Å². The van der Waals surface area contributed by atoms with Crippen LogP contribution in [-0.2, 0) is 13.0 Å². The standard InChI is InChI=1S/C16H18N4OS.ClH/c1-10-3-2-4-12-11(8-19-15(10)12)5-6-18-16(21)13-9-22-14(7-17)20-13;/h2-4,8-9,19H,5-7,17H2,1H3,(H,18,21);1H. The molecule has 0 saturated carbocycles. The topological polar surface area (TPSA) is 83.8 Å². The molecule has 1 amide bonds. The first kappa shape index (κ1) is 17.5. The van der Waals surface area contributed by atoms with Gasteiger partial charge in [0.05, 0.1) is 0 Å². The molecule has 3 rings (SSSR count). The number of para-hydroxylation sites is 1. The van der Waals surface area contributed by atoms with Crippen molar-refractivity contribution < 1.29 is 4.79 Å². The van der Waals surface area contributed by atoms with Crippen molar-refractivity contribution in [1.82, 2.24) is 15.3 Å². The quantitative estimate of drug-likeness (QED) is 0.661. The maximum Gasteiger partial charge on any atom is 0.270 e. The molecule has 0 fully saturated rings. The maximum atomic E-state index is 12.0. The molecular weight excluding hydrogens is 332 g/mol. The van der Waals surface area contributed by atoms with Gasteiger partial charge in [-0.25, -0.2) is 4.98 Å². The maximum absolute atomic E-state index is 12.0. The van der Waals surface area contributed by atoms with Crippen LogP contribution in [0.25, 0.3) is 10.9 Å². The molecule has 7 heteroatoms. The van der Waals surface area contributed by atoms with Crippen LogP contribution in [0.4, 0.5) is 0 Å². The van der Waals surface area contributed by atoms with Crippen LogP contribution in [0.3, 0.4) is 0 Å². The summed E-state index contributed by atoms with van der Waals surface area (Å²) in [5.41, 5.74) is 9.55. The smallest absolute Gasteiger partial charge is 0.270 e. The lowest BCUT2D eigenvalue weighted by molar-refractivity contribution is 0.0949. The monoisotopic (exact) mass is 350 g/mol. The predicted molar refractivity (Wildman–Crippen MR) is 96.3 cm³/mol. The molecule has 2 aromatic heterocycles. The van der Waals surface area contributed by atoms with Crippen molar-refractivity contribution in [2.45, 2.75) is 19.9 Å². The number of rotatable bonds is 5. The second-order valence-corrected chi connectivity index (χ2v) is 6.09. The predicted octanol–water partition coefficient (Wildman–Crippen LogP) is 2.79. The van der Waals surface area contributed by atoms with E-state index in [1.807, 2.05) is 6.20 Å². The minimum absolute atomic E-state index is 0. The summed E-state index contributed by atoms with van der Waals surface area (Å²) in [5.74, 6) is -0.146. The van der Waals surface area contributed by atoms with Gasteiger partial charge in [0.15, 0.2) is 0 Å². The van der Waals surface area contributed by atoms with Crippen LogP contribution >= 0.6 is 23.7 Å². The molecule has 0 saturated heterocycles. The van der Waals surface area contributed by atoms with Gasteiger partial charge >= 0.3 is 0 Å². The molecule has 122 valence electrons. The lowest BCUT2D eigenvalue weighted by Gasteiger charge is -2.03. The van der Waals surface area contributed by atoms with Crippen molar-refractivity contribution in [3.05, 3.63) is 51.6 Å². The highest BCUT2D eigenvalue weighted by atomic mass is 35.5. The number of carbonyl (C=O) groups is 1. The Kier molecular flexibility index (Phi) is 5.76. The van der Waals surface area contributed by atoms with Crippen molar-refractivity contribution in [3.63, 3.8) is 0 Å². The summed E-state index contributed by atoms with van der Waals surface area (Å²) in [6.45, 7) is 3.03. The minimum atomic E-state index is -0.146. The average molecular weight is 351 g/mol. The number of aryl methyl sites for hydroxylation is 1. The zero-order valence-electron chi connectivity index (χ0n) is 12.8. The summed E-state index contributed by atoms with van der Waals surface area (Å²) in [6.07, 6.45) is 2.79. The number of aromatic nitrogens is 2. The molecule has 1 aromatic carbocycles. The fraction of sp³-hybridized carbons (Fsp3) is 0.250. The van der Waals surface area contributed by atoms with Crippen molar-refractivity contribution in [1.29, 1.82) is 0 Å². The SMILES string of the molecule is Cc1cccc2c(CCNC(=O)c3csc(CN)n3)c[nH]c12.Cl. The van der Waals surface area contributed by atoms with Gasteiger partial charge in [-0.2, -0.15) is 0 Å². The molecule has 0 bridgehead atoms. The first-order valence-corrected chi connectivity index (χ1v) is 8.05. The molecule has 5 nitrogen and oxygen atoms in total. The van der Waals surface area contributed by atoms with Gasteiger partial charge in [0.1, 0.15) is 10.7 Å². The number of nitrogens with two attached hydrogens (primary N) is 1. The largest absolute Gasteiger partial charge is 0.361 e. The number of nitrogens with one attached hydrogen (secondary N) is 2. The Morgan fingerprint density at radius 2 is 2.26 bits per heavy atom. The Morgan fingerprint density at radius 1 is 1.43 bits per heavy atom. The van der Waals surface area contributed by atoms with E-state index < -0.39 is 0 Å². The first-order chi connectivity index (χ1) is 10.7. The van der Waals surface area contributed by atoms with E-state index in [4.69, 9.17) is 5.73 Å². The summed E-state index contributed by atoms with van der Waals surface area (Å²) in [7, 11) is 0. The first-order valence-electron chi connectivity index (χ1n) is 7.17. The number of hydrogen-bond donors (Lipinski definition) is 3. The Bertz CT molecular complexity index is 811. The zero-order valence-corrected chi connectivity index (χ0v) is 14.4. The van der Waals surface area contributed by atoms with E-state index in [1.54, 1.807) is 5.38 Å². The molecule has 0 aliphatic rings. The third-order valence-electron chi connectivity index (χ3n) is 3.65. The summed E-state index contributed by atoms with van der Waals surface area (Å²) in [4.78, 5) is 19.5. The Hall–Kier alpha value is -1.89. The fourth-order valence-electron chi connectivity index (χ4n) is 2.48. The number of fused-ring (bicyclic) bond motifs is 1. The van der Waals surface area contributed by atoms with Crippen LogP contribution < -0.4 is 11.1 Å². The lowest BCUT2D eigenvalue weighted by Crippen LogP contribution is -2.26. The molecule has 4 N–H and O–H groups in total. The number of aromatic amines is 1. The normalized spacial score (nSPS) is 10.5. The number of thiazole rings is 1. The molecule has 0 aliphatic carbocycles. The van der Waals surface area contributed by atoms with Crippen LogP contribution in [0.2, 0.25) is 0 Å². The molecule has 2 heterocycles. The van der Waals surface area contributed by atoms with Gasteiger partial charge in [0.25, 0.3) is 5.91 Å². The molecule has 0 atom stereocenters. The van der Waals surface area contributed by atoms with Gasteiger partial charge in [-0.15, -0.1) is 23.7 Å². The fourth-order valence-corrected chi connectivity index (χ4v) is 3.14. The van der Waals surface area contributed by atoms with Gasteiger partial charge in [-0.05, 0) is 24.5 Å². The van der Waals surface area contributed by atoms with Gasteiger partial charge in [0.2, 0.25) is 0 Å². The van der Waals surface area contributed by atoms with Gasteiger partial charge < -0.3 is 16.0 Å². The summed E-state index contributed by atoms with van der Waals surface area (Å²) in [6, 6.07) is 6.24.